The molecule has 0 aliphatic heterocycles. The van der Waals surface area contributed by atoms with Crippen molar-refractivity contribution in [3.63, 3.8) is 0 Å². The fourth-order valence-corrected chi connectivity index (χ4v) is 2.56. The molecule has 0 fully saturated rings. The predicted octanol–water partition coefficient (Wildman–Crippen LogP) is 5.04. The van der Waals surface area contributed by atoms with Crippen molar-refractivity contribution < 1.29 is 35.9 Å². The lowest BCUT2D eigenvalue weighted by atomic mass is 10.0. The van der Waals surface area contributed by atoms with Crippen LogP contribution in [0.15, 0.2) is 30.5 Å². The van der Waals surface area contributed by atoms with Crippen LogP contribution in [0.5, 0.6) is 11.6 Å². The van der Waals surface area contributed by atoms with Gasteiger partial charge in [-0.3, -0.25) is 4.79 Å². The first kappa shape index (κ1) is 17.2. The molecule has 0 unspecified atom stereocenters. The minimum absolute atomic E-state index is 0.147. The number of aromatic nitrogens is 1. The van der Waals surface area contributed by atoms with E-state index in [9.17, 15) is 31.1 Å². The summed E-state index contributed by atoms with van der Waals surface area (Å²) in [5.41, 5.74) is -3.49. The molecule has 2 aromatic rings. The van der Waals surface area contributed by atoms with Gasteiger partial charge in [0.15, 0.2) is 0 Å². The highest BCUT2D eigenvalue weighted by atomic mass is 19.3. The van der Waals surface area contributed by atoms with E-state index >= 15 is 0 Å². The molecule has 0 radical (unpaired) electrons. The standard InChI is InChI=1S/C16H9F6NO2/c1-7-4-5-23-10(6-7)25-9-3-2-8-11(12(9)14(17)18)13(24)16(21,22)15(8,19)20/h2-6,14H,1H3. The highest BCUT2D eigenvalue weighted by Crippen LogP contribution is 2.55. The van der Waals surface area contributed by atoms with Gasteiger partial charge in [-0.2, -0.15) is 17.6 Å². The van der Waals surface area contributed by atoms with Gasteiger partial charge in [-0.15, -0.1) is 0 Å². The van der Waals surface area contributed by atoms with Gasteiger partial charge in [-0.05, 0) is 30.7 Å². The summed E-state index contributed by atoms with van der Waals surface area (Å²) in [6, 6.07) is 4.15. The maximum atomic E-state index is 13.8. The SMILES string of the molecule is Cc1ccnc(Oc2ccc3c(c2C(F)F)C(=O)C(F)(F)C3(F)F)c1. The smallest absolute Gasteiger partial charge is 0.376 e. The molecular formula is C16H9F6NO2. The number of ether oxygens (including phenoxy) is 1. The van der Waals surface area contributed by atoms with Crippen LogP contribution in [0.3, 0.4) is 0 Å². The van der Waals surface area contributed by atoms with Crippen LogP contribution in [0.25, 0.3) is 0 Å². The van der Waals surface area contributed by atoms with Gasteiger partial charge in [0.25, 0.3) is 6.43 Å². The fourth-order valence-electron chi connectivity index (χ4n) is 2.56. The van der Waals surface area contributed by atoms with Gasteiger partial charge in [0.2, 0.25) is 11.7 Å². The molecule has 0 amide bonds. The normalized spacial score (nSPS) is 17.7. The zero-order valence-electron chi connectivity index (χ0n) is 12.5. The Labute approximate surface area is 137 Å². The second kappa shape index (κ2) is 5.47. The number of Topliss-reactive ketones (excluding diaryl/α,β-unsaturated/α-hetero) is 1. The average molecular weight is 361 g/mol. The number of alkyl halides is 6. The van der Waals surface area contributed by atoms with E-state index in [1.54, 1.807) is 13.0 Å². The van der Waals surface area contributed by atoms with E-state index in [1.807, 2.05) is 0 Å². The maximum Gasteiger partial charge on any atom is 0.376 e. The van der Waals surface area contributed by atoms with Crippen molar-refractivity contribution in [2.24, 2.45) is 0 Å². The monoisotopic (exact) mass is 361 g/mol. The van der Waals surface area contributed by atoms with E-state index in [0.29, 0.717) is 17.7 Å². The fraction of sp³-hybridized carbons (Fsp3) is 0.250. The molecule has 0 spiro atoms. The topological polar surface area (TPSA) is 39.2 Å². The number of fused-ring (bicyclic) bond motifs is 1. The van der Waals surface area contributed by atoms with E-state index in [1.165, 1.54) is 12.3 Å². The number of aryl methyl sites for hydroxylation is 1. The summed E-state index contributed by atoms with van der Waals surface area (Å²) in [5.74, 6) is -13.2. The molecule has 132 valence electrons. The van der Waals surface area contributed by atoms with E-state index in [4.69, 9.17) is 4.74 Å². The van der Waals surface area contributed by atoms with Gasteiger partial charge in [0.05, 0.1) is 5.56 Å². The Bertz CT molecular complexity index is 866. The van der Waals surface area contributed by atoms with Crippen LogP contribution < -0.4 is 4.74 Å². The average Bonchev–Trinajstić information content (AvgIpc) is 2.65. The molecule has 0 saturated heterocycles. The number of benzene rings is 1. The van der Waals surface area contributed by atoms with E-state index < -0.39 is 46.5 Å². The summed E-state index contributed by atoms with van der Waals surface area (Å²) in [4.78, 5) is 15.4. The Morgan fingerprint density at radius 1 is 1.08 bits per heavy atom. The number of hydrogen-bond acceptors (Lipinski definition) is 3. The van der Waals surface area contributed by atoms with Crippen molar-refractivity contribution >= 4 is 5.78 Å². The Balaban J connectivity index is 2.19. The number of carbonyl (C=O) groups is 1. The van der Waals surface area contributed by atoms with E-state index in [-0.39, 0.29) is 5.88 Å². The number of hydrogen-bond donors (Lipinski definition) is 0. The molecule has 3 rings (SSSR count). The van der Waals surface area contributed by atoms with Crippen molar-refractivity contribution in [3.8, 4) is 11.6 Å². The number of ketones is 1. The third-order valence-corrected chi connectivity index (χ3v) is 3.77. The van der Waals surface area contributed by atoms with Gasteiger partial charge in [0, 0.05) is 23.4 Å². The van der Waals surface area contributed by atoms with Crippen LogP contribution in [-0.2, 0) is 5.92 Å². The second-order valence-electron chi connectivity index (χ2n) is 5.45. The lowest BCUT2D eigenvalue weighted by Crippen LogP contribution is -2.38. The molecule has 0 N–H and O–H groups in total. The summed E-state index contributed by atoms with van der Waals surface area (Å²) >= 11 is 0. The van der Waals surface area contributed by atoms with Crippen LogP contribution in [0.4, 0.5) is 26.3 Å². The van der Waals surface area contributed by atoms with E-state index in [0.717, 1.165) is 0 Å². The van der Waals surface area contributed by atoms with Gasteiger partial charge in [-0.25, -0.2) is 13.8 Å². The largest absolute Gasteiger partial charge is 0.439 e. The minimum Gasteiger partial charge on any atom is -0.439 e. The van der Waals surface area contributed by atoms with Gasteiger partial charge in [0.1, 0.15) is 5.75 Å². The second-order valence-corrected chi connectivity index (χ2v) is 5.45. The molecule has 25 heavy (non-hydrogen) atoms. The van der Waals surface area contributed by atoms with Crippen molar-refractivity contribution in [3.05, 3.63) is 52.7 Å². The highest BCUT2D eigenvalue weighted by Gasteiger charge is 2.70. The van der Waals surface area contributed by atoms with Crippen molar-refractivity contribution in [1.29, 1.82) is 0 Å². The number of nitrogens with zero attached hydrogens (tertiary/aromatic N) is 1. The first-order valence-corrected chi connectivity index (χ1v) is 6.94. The summed E-state index contributed by atoms with van der Waals surface area (Å²) in [6.45, 7) is 1.66. The Morgan fingerprint density at radius 2 is 1.76 bits per heavy atom. The molecule has 1 aromatic carbocycles. The van der Waals surface area contributed by atoms with Crippen LogP contribution in [0.2, 0.25) is 0 Å². The summed E-state index contributed by atoms with van der Waals surface area (Å²) in [7, 11) is 0. The van der Waals surface area contributed by atoms with Crippen molar-refractivity contribution in [1.82, 2.24) is 4.98 Å². The van der Waals surface area contributed by atoms with Gasteiger partial charge >= 0.3 is 11.8 Å². The lowest BCUT2D eigenvalue weighted by Gasteiger charge is -2.17. The lowest BCUT2D eigenvalue weighted by molar-refractivity contribution is -0.176. The highest BCUT2D eigenvalue weighted by molar-refractivity contribution is 6.08. The Kier molecular flexibility index (Phi) is 3.77. The quantitative estimate of drug-likeness (QED) is 0.719. The third kappa shape index (κ3) is 2.45. The molecule has 9 heteroatoms. The van der Waals surface area contributed by atoms with E-state index in [2.05, 4.69) is 4.98 Å². The zero-order valence-corrected chi connectivity index (χ0v) is 12.5. The summed E-state index contributed by atoms with van der Waals surface area (Å²) in [6.07, 6.45) is -2.17. The maximum absolute atomic E-state index is 13.8. The molecule has 0 atom stereocenters. The molecule has 1 aliphatic carbocycles. The molecule has 1 heterocycles. The first-order chi connectivity index (χ1) is 11.6. The minimum atomic E-state index is -5.10. The van der Waals surface area contributed by atoms with Crippen molar-refractivity contribution in [2.75, 3.05) is 0 Å². The number of halogens is 6. The summed E-state index contributed by atoms with van der Waals surface area (Å²) in [5, 5.41) is 0. The Hall–Kier alpha value is -2.58. The third-order valence-electron chi connectivity index (χ3n) is 3.77. The molecule has 1 aromatic heterocycles. The van der Waals surface area contributed by atoms with Crippen LogP contribution in [0, 0.1) is 6.92 Å². The van der Waals surface area contributed by atoms with Crippen LogP contribution in [-0.4, -0.2) is 16.7 Å². The number of carbonyl (C=O) groups excluding carboxylic acids is 1. The van der Waals surface area contributed by atoms with Gasteiger partial charge < -0.3 is 4.74 Å². The van der Waals surface area contributed by atoms with Gasteiger partial charge in [-0.1, -0.05) is 0 Å². The molecule has 3 nitrogen and oxygen atoms in total. The number of rotatable bonds is 3. The number of pyridine rings is 1. The first-order valence-electron chi connectivity index (χ1n) is 6.94. The molecule has 0 saturated carbocycles. The molecule has 0 bridgehead atoms. The van der Waals surface area contributed by atoms with Crippen LogP contribution in [0.1, 0.15) is 33.5 Å². The van der Waals surface area contributed by atoms with Crippen molar-refractivity contribution in [2.45, 2.75) is 25.2 Å². The predicted molar refractivity (Wildman–Crippen MR) is 73.6 cm³/mol. The summed E-state index contributed by atoms with van der Waals surface area (Å²) < 4.78 is 86.6. The molecular weight excluding hydrogens is 352 g/mol. The Morgan fingerprint density at radius 3 is 2.36 bits per heavy atom. The zero-order chi connectivity index (χ0) is 18.6. The molecule has 1 aliphatic rings. The van der Waals surface area contributed by atoms with Crippen LogP contribution >= 0.6 is 0 Å².